The van der Waals surface area contributed by atoms with Gasteiger partial charge in [0, 0.05) is 6.07 Å². The van der Waals surface area contributed by atoms with Gasteiger partial charge in [-0.15, -0.1) is 0 Å². The van der Waals surface area contributed by atoms with E-state index in [2.05, 4.69) is 4.98 Å². The van der Waals surface area contributed by atoms with Gasteiger partial charge in [-0.05, 0) is 6.92 Å². The largest absolute Gasteiger partial charge is 0.333 e. The number of nitrogens with zero attached hydrogens (tertiary/aromatic N) is 2. The average molecular weight is 259 g/mol. The van der Waals surface area contributed by atoms with Crippen LogP contribution in [0.3, 0.4) is 0 Å². The van der Waals surface area contributed by atoms with Crippen LogP contribution < -0.4 is 10.2 Å². The zero-order valence-corrected chi connectivity index (χ0v) is 9.21. The molecule has 2 heterocycles. The second-order valence-corrected chi connectivity index (χ2v) is 3.78. The van der Waals surface area contributed by atoms with Gasteiger partial charge in [0.15, 0.2) is 17.5 Å². The lowest BCUT2D eigenvalue weighted by molar-refractivity contribution is -0.132. The number of hydrogen-bond donors (Lipinski definition) is 1. The summed E-state index contributed by atoms with van der Waals surface area (Å²) in [5, 5.41) is 2.04. The maximum Gasteiger partial charge on any atom is 0.251 e. The van der Waals surface area contributed by atoms with Crippen molar-refractivity contribution in [1.29, 1.82) is 0 Å². The Morgan fingerprint density at radius 3 is 2.67 bits per heavy atom. The topological polar surface area (TPSA) is 62.3 Å². The number of carbonyl (C=O) groups is 2. The molecular formula is C10H8F3N3O2. The summed E-state index contributed by atoms with van der Waals surface area (Å²) in [4.78, 5) is 26.6. The molecule has 0 saturated carbocycles. The van der Waals surface area contributed by atoms with E-state index >= 15 is 0 Å². The van der Waals surface area contributed by atoms with Crippen molar-refractivity contribution in [2.24, 2.45) is 0 Å². The third kappa shape index (κ3) is 2.01. The summed E-state index contributed by atoms with van der Waals surface area (Å²) < 4.78 is 39.2. The highest BCUT2D eigenvalue weighted by Gasteiger charge is 2.33. The number of pyridine rings is 1. The number of hydrogen-bond acceptors (Lipinski definition) is 4. The molecule has 2 amide bonds. The second kappa shape index (κ2) is 4.28. The highest BCUT2D eigenvalue weighted by atomic mass is 19.2. The molecule has 1 N–H and O–H groups in total. The number of anilines is 1. The van der Waals surface area contributed by atoms with Gasteiger partial charge in [-0.2, -0.15) is 9.37 Å². The number of piperazine rings is 1. The maximum atomic E-state index is 13.5. The molecule has 18 heavy (non-hydrogen) atoms. The van der Waals surface area contributed by atoms with Crippen molar-refractivity contribution in [2.75, 3.05) is 11.4 Å². The summed E-state index contributed by atoms with van der Waals surface area (Å²) >= 11 is 0. The number of amides is 2. The van der Waals surface area contributed by atoms with Gasteiger partial charge in [0.25, 0.3) is 5.95 Å². The molecule has 1 aromatic rings. The quantitative estimate of drug-likeness (QED) is 0.584. The average Bonchev–Trinajstić information content (AvgIpc) is 2.29. The first kappa shape index (κ1) is 12.3. The standard InChI is InChI=1S/C10H8F3N3O2/c1-4-10(18)14-7(17)3-16(4)9-6(12)2-5(11)8(13)15-9/h2,4H,3H2,1H3,(H,14,17,18). The van der Waals surface area contributed by atoms with Crippen LogP contribution in [-0.4, -0.2) is 29.4 Å². The monoisotopic (exact) mass is 259 g/mol. The minimum absolute atomic E-state index is 0.321. The summed E-state index contributed by atoms with van der Waals surface area (Å²) in [6.45, 7) is 1.03. The van der Waals surface area contributed by atoms with Gasteiger partial charge in [-0.1, -0.05) is 0 Å². The highest BCUT2D eigenvalue weighted by molar-refractivity contribution is 6.04. The Hall–Kier alpha value is -2.12. The van der Waals surface area contributed by atoms with Gasteiger partial charge in [-0.3, -0.25) is 14.9 Å². The minimum atomic E-state index is -1.49. The van der Waals surface area contributed by atoms with Crippen LogP contribution in [-0.2, 0) is 9.59 Å². The fourth-order valence-corrected chi connectivity index (χ4v) is 1.61. The molecule has 96 valence electrons. The van der Waals surface area contributed by atoms with Crippen molar-refractivity contribution >= 4 is 17.6 Å². The third-order valence-corrected chi connectivity index (χ3v) is 2.56. The molecule has 1 saturated heterocycles. The second-order valence-electron chi connectivity index (χ2n) is 3.78. The number of aromatic nitrogens is 1. The molecule has 0 aliphatic carbocycles. The SMILES string of the molecule is CC1C(=O)NC(=O)CN1c1nc(F)c(F)cc1F. The number of imide groups is 1. The van der Waals surface area contributed by atoms with Gasteiger partial charge in [0.2, 0.25) is 11.8 Å². The van der Waals surface area contributed by atoms with E-state index < -0.39 is 41.3 Å². The first-order chi connectivity index (χ1) is 8.40. The van der Waals surface area contributed by atoms with E-state index in [1.165, 1.54) is 6.92 Å². The van der Waals surface area contributed by atoms with Crippen molar-refractivity contribution in [1.82, 2.24) is 10.3 Å². The van der Waals surface area contributed by atoms with Crippen LogP contribution in [0.4, 0.5) is 19.0 Å². The van der Waals surface area contributed by atoms with E-state index in [-0.39, 0.29) is 6.54 Å². The van der Waals surface area contributed by atoms with E-state index in [0.717, 1.165) is 4.90 Å². The lowest BCUT2D eigenvalue weighted by Gasteiger charge is -2.32. The molecule has 1 aliphatic heterocycles. The van der Waals surface area contributed by atoms with Crippen molar-refractivity contribution in [3.63, 3.8) is 0 Å². The van der Waals surface area contributed by atoms with Crippen molar-refractivity contribution in [3.05, 3.63) is 23.6 Å². The van der Waals surface area contributed by atoms with E-state index in [1.54, 1.807) is 0 Å². The van der Waals surface area contributed by atoms with Gasteiger partial charge >= 0.3 is 0 Å². The summed E-state index contributed by atoms with van der Waals surface area (Å²) in [5.41, 5.74) is 0. The zero-order valence-electron chi connectivity index (χ0n) is 9.21. The van der Waals surface area contributed by atoms with E-state index in [4.69, 9.17) is 0 Å². The first-order valence-electron chi connectivity index (χ1n) is 5.02. The fraction of sp³-hybridized carbons (Fsp3) is 0.300. The maximum absolute atomic E-state index is 13.5. The molecule has 0 bridgehead atoms. The van der Waals surface area contributed by atoms with Crippen molar-refractivity contribution in [3.8, 4) is 0 Å². The van der Waals surface area contributed by atoms with Crippen LogP contribution in [0.15, 0.2) is 6.07 Å². The molecule has 0 spiro atoms. The van der Waals surface area contributed by atoms with E-state index in [0.29, 0.717) is 6.07 Å². The van der Waals surface area contributed by atoms with Crippen LogP contribution in [0.1, 0.15) is 6.92 Å². The molecular weight excluding hydrogens is 251 g/mol. The number of rotatable bonds is 1. The van der Waals surface area contributed by atoms with E-state index in [1.807, 2.05) is 5.32 Å². The van der Waals surface area contributed by atoms with Gasteiger partial charge < -0.3 is 4.90 Å². The lowest BCUT2D eigenvalue weighted by Crippen LogP contribution is -2.57. The van der Waals surface area contributed by atoms with E-state index in [9.17, 15) is 22.8 Å². The molecule has 1 aliphatic rings. The Morgan fingerprint density at radius 2 is 2.00 bits per heavy atom. The number of carbonyl (C=O) groups excluding carboxylic acids is 2. The molecule has 1 atom stereocenters. The van der Waals surface area contributed by atoms with Crippen LogP contribution in [0.2, 0.25) is 0 Å². The molecule has 0 aromatic carbocycles. The summed E-state index contributed by atoms with van der Waals surface area (Å²) in [6.07, 6.45) is 0. The Balaban J connectivity index is 2.44. The summed E-state index contributed by atoms with van der Waals surface area (Å²) in [7, 11) is 0. The van der Waals surface area contributed by atoms with Crippen LogP contribution in [0, 0.1) is 17.6 Å². The number of nitrogens with one attached hydrogen (secondary N) is 1. The molecule has 8 heteroatoms. The lowest BCUT2D eigenvalue weighted by atomic mass is 10.2. The van der Waals surface area contributed by atoms with Crippen LogP contribution in [0.25, 0.3) is 0 Å². The Morgan fingerprint density at radius 1 is 1.33 bits per heavy atom. The third-order valence-electron chi connectivity index (χ3n) is 2.56. The molecule has 5 nitrogen and oxygen atoms in total. The predicted molar refractivity (Wildman–Crippen MR) is 54.1 cm³/mol. The molecule has 0 radical (unpaired) electrons. The zero-order chi connectivity index (χ0) is 13.4. The Labute approximate surface area is 99.6 Å². The fourth-order valence-electron chi connectivity index (χ4n) is 1.61. The first-order valence-corrected chi connectivity index (χ1v) is 5.02. The van der Waals surface area contributed by atoms with Gasteiger partial charge in [0.1, 0.15) is 6.04 Å². The molecule has 1 aromatic heterocycles. The van der Waals surface area contributed by atoms with Crippen molar-refractivity contribution < 1.29 is 22.8 Å². The summed E-state index contributed by atoms with van der Waals surface area (Å²) in [5.74, 6) is -5.94. The Kier molecular flexibility index (Phi) is 2.93. The number of halogens is 3. The summed E-state index contributed by atoms with van der Waals surface area (Å²) in [6, 6.07) is -0.587. The van der Waals surface area contributed by atoms with Crippen molar-refractivity contribution in [2.45, 2.75) is 13.0 Å². The Bertz CT molecular complexity index is 535. The molecule has 1 unspecified atom stereocenters. The van der Waals surface area contributed by atoms with Gasteiger partial charge in [-0.25, -0.2) is 8.78 Å². The normalized spacial score (nSPS) is 20.0. The smallest absolute Gasteiger partial charge is 0.251 e. The van der Waals surface area contributed by atoms with Crippen LogP contribution in [0.5, 0.6) is 0 Å². The van der Waals surface area contributed by atoms with Gasteiger partial charge in [0.05, 0.1) is 6.54 Å². The molecule has 1 fully saturated rings. The van der Waals surface area contributed by atoms with Crippen LogP contribution >= 0.6 is 0 Å². The molecule has 2 rings (SSSR count). The predicted octanol–water partition coefficient (Wildman–Crippen LogP) is 0.350. The minimum Gasteiger partial charge on any atom is -0.333 e. The highest BCUT2D eigenvalue weighted by Crippen LogP contribution is 2.22.